The summed E-state index contributed by atoms with van der Waals surface area (Å²) in [6.07, 6.45) is 0. The van der Waals surface area contributed by atoms with Crippen molar-refractivity contribution in [3.63, 3.8) is 0 Å². The zero-order valence-electron chi connectivity index (χ0n) is 34.8. The Balaban J connectivity index is 1.24. The lowest BCUT2D eigenvalue weighted by Crippen LogP contribution is -2.33. The highest BCUT2D eigenvalue weighted by Gasteiger charge is 2.52. The average Bonchev–Trinajstić information content (AvgIpc) is 3.54. The van der Waals surface area contributed by atoms with E-state index in [1.54, 1.807) is 0 Å². The van der Waals surface area contributed by atoms with E-state index >= 15 is 0 Å². The molecule has 2 aliphatic rings. The first-order valence-electron chi connectivity index (χ1n) is 20.8. The molecule has 1 spiro atoms. The second kappa shape index (κ2) is 13.7. The van der Waals surface area contributed by atoms with Gasteiger partial charge in [0, 0.05) is 33.6 Å². The van der Waals surface area contributed by atoms with Crippen molar-refractivity contribution in [2.45, 2.75) is 57.8 Å². The fourth-order valence-electron chi connectivity index (χ4n) is 9.45. The molecule has 0 atom stereocenters. The predicted octanol–water partition coefficient (Wildman–Crippen LogP) is 15.6. The fourth-order valence-corrected chi connectivity index (χ4v) is 9.45. The molecule has 1 aliphatic heterocycles. The third-order valence-corrected chi connectivity index (χ3v) is 12.5. The summed E-state index contributed by atoms with van der Waals surface area (Å²) in [4.78, 5) is 2.38. The maximum Gasteiger partial charge on any atom is 0.140 e. The number of hydrogen-bond acceptors (Lipinski definition) is 2. The van der Waals surface area contributed by atoms with Crippen molar-refractivity contribution in [3.8, 4) is 44.9 Å². The zero-order chi connectivity index (χ0) is 40.5. The number of rotatable bonds is 5. The van der Waals surface area contributed by atoms with Gasteiger partial charge in [-0.25, -0.2) is 0 Å². The summed E-state index contributed by atoms with van der Waals surface area (Å²) >= 11 is 0. The molecule has 59 heavy (non-hydrogen) atoms. The van der Waals surface area contributed by atoms with E-state index in [0.717, 1.165) is 39.7 Å². The molecule has 0 saturated carbocycles. The second-order valence-electron chi connectivity index (χ2n) is 18.2. The topological polar surface area (TPSA) is 12.5 Å². The summed E-state index contributed by atoms with van der Waals surface area (Å²) in [5.74, 6) is 1.79. The van der Waals surface area contributed by atoms with E-state index in [9.17, 15) is 0 Å². The van der Waals surface area contributed by atoms with E-state index in [2.05, 4.69) is 234 Å². The third-order valence-electron chi connectivity index (χ3n) is 12.5. The highest BCUT2D eigenvalue weighted by atomic mass is 16.5. The highest BCUT2D eigenvalue weighted by Crippen LogP contribution is 2.64. The van der Waals surface area contributed by atoms with Crippen LogP contribution in [0.3, 0.4) is 0 Å². The molecular formula is C57H49NO. The molecule has 288 valence electrons. The van der Waals surface area contributed by atoms with Crippen molar-refractivity contribution in [2.24, 2.45) is 0 Å². The first-order chi connectivity index (χ1) is 28.5. The molecule has 1 aliphatic carbocycles. The molecule has 0 amide bonds. The standard InChI is InChI=1S/C57H49NO/c1-55(2,3)40-30-34-44-45-35-31-41(56(4,5)6)37-51(45)57(50(44)36-40)48-24-14-16-27-53(48)59-54-47(23-17-25-49(54)57)46-22-13-15-26-52(46)58(42-20-11-8-12-21-42)43-32-28-39(29-33-43)38-18-9-7-10-19-38/h7-37H,1-6H3. The molecule has 8 aromatic carbocycles. The zero-order valence-corrected chi connectivity index (χ0v) is 34.8. The minimum atomic E-state index is -0.602. The normalized spacial score (nSPS) is 13.5. The van der Waals surface area contributed by atoms with Crippen molar-refractivity contribution in [2.75, 3.05) is 4.90 Å². The summed E-state index contributed by atoms with van der Waals surface area (Å²) in [7, 11) is 0. The van der Waals surface area contributed by atoms with Crippen molar-refractivity contribution >= 4 is 17.1 Å². The molecule has 2 heteroatoms. The molecule has 0 aromatic heterocycles. The average molecular weight is 764 g/mol. The highest BCUT2D eigenvalue weighted by molar-refractivity contribution is 5.94. The molecule has 10 rings (SSSR count). The number of anilines is 3. The summed E-state index contributed by atoms with van der Waals surface area (Å²) < 4.78 is 7.27. The molecule has 1 heterocycles. The van der Waals surface area contributed by atoms with Gasteiger partial charge in [-0.15, -0.1) is 0 Å². The quantitative estimate of drug-likeness (QED) is 0.173. The Labute approximate surface area is 349 Å². The van der Waals surface area contributed by atoms with Crippen LogP contribution in [0.5, 0.6) is 11.5 Å². The number of ether oxygens (including phenoxy) is 1. The van der Waals surface area contributed by atoms with Crippen molar-refractivity contribution in [1.29, 1.82) is 0 Å². The minimum Gasteiger partial charge on any atom is -0.456 e. The number of fused-ring (bicyclic) bond motifs is 9. The first kappa shape index (κ1) is 36.7. The Morgan fingerprint density at radius 2 is 0.898 bits per heavy atom. The largest absolute Gasteiger partial charge is 0.456 e. The van der Waals surface area contributed by atoms with Crippen LogP contribution < -0.4 is 9.64 Å². The lowest BCUT2D eigenvalue weighted by Gasteiger charge is -2.41. The van der Waals surface area contributed by atoms with Crippen LogP contribution in [0.4, 0.5) is 17.1 Å². The summed E-state index contributed by atoms with van der Waals surface area (Å²) in [6.45, 7) is 13.9. The Hall–Kier alpha value is -6.64. The Morgan fingerprint density at radius 3 is 1.54 bits per heavy atom. The smallest absolute Gasteiger partial charge is 0.140 e. The van der Waals surface area contributed by atoms with Gasteiger partial charge < -0.3 is 9.64 Å². The molecule has 0 N–H and O–H groups in total. The van der Waals surface area contributed by atoms with Crippen LogP contribution in [-0.4, -0.2) is 0 Å². The summed E-state index contributed by atoms with van der Waals surface area (Å²) in [6, 6.07) is 68.9. The lowest BCUT2D eigenvalue weighted by atomic mass is 9.64. The second-order valence-corrected chi connectivity index (χ2v) is 18.2. The van der Waals surface area contributed by atoms with Gasteiger partial charge in [0.15, 0.2) is 0 Å². The van der Waals surface area contributed by atoms with Crippen LogP contribution in [0.1, 0.15) is 74.9 Å². The van der Waals surface area contributed by atoms with Crippen LogP contribution in [0.25, 0.3) is 33.4 Å². The molecule has 2 nitrogen and oxygen atoms in total. The predicted molar refractivity (Wildman–Crippen MR) is 247 cm³/mol. The van der Waals surface area contributed by atoms with E-state index in [1.165, 1.54) is 55.6 Å². The summed E-state index contributed by atoms with van der Waals surface area (Å²) in [5.41, 5.74) is 17.3. The number of benzene rings is 8. The molecular weight excluding hydrogens is 715 g/mol. The van der Waals surface area contributed by atoms with Gasteiger partial charge in [-0.3, -0.25) is 0 Å². The number of hydrogen-bond donors (Lipinski definition) is 0. The van der Waals surface area contributed by atoms with Crippen LogP contribution >= 0.6 is 0 Å². The maximum absolute atomic E-state index is 7.27. The SMILES string of the molecule is CC(C)(C)c1ccc2c(c1)C1(c3ccccc3Oc3c(-c4ccccc4N(c4ccccc4)c4ccc(-c5ccccc5)cc4)cccc31)c1cc(C(C)(C)C)ccc1-2. The molecule has 0 saturated heterocycles. The van der Waals surface area contributed by atoms with Gasteiger partial charge in [0.05, 0.1) is 11.1 Å². The van der Waals surface area contributed by atoms with Crippen LogP contribution in [0.15, 0.2) is 188 Å². The molecule has 0 radical (unpaired) electrons. The molecule has 0 bridgehead atoms. The van der Waals surface area contributed by atoms with Gasteiger partial charge in [0.25, 0.3) is 0 Å². The summed E-state index contributed by atoms with van der Waals surface area (Å²) in [5, 5.41) is 0. The monoisotopic (exact) mass is 763 g/mol. The van der Waals surface area contributed by atoms with Crippen molar-refractivity contribution in [1.82, 2.24) is 0 Å². The van der Waals surface area contributed by atoms with E-state index in [-0.39, 0.29) is 10.8 Å². The van der Waals surface area contributed by atoms with Gasteiger partial charge in [-0.1, -0.05) is 193 Å². The van der Waals surface area contributed by atoms with Crippen LogP contribution in [-0.2, 0) is 16.2 Å². The van der Waals surface area contributed by atoms with E-state index in [4.69, 9.17) is 4.74 Å². The van der Waals surface area contributed by atoms with Gasteiger partial charge in [-0.05, 0) is 91.7 Å². The van der Waals surface area contributed by atoms with Crippen molar-refractivity contribution in [3.05, 3.63) is 221 Å². The first-order valence-corrected chi connectivity index (χ1v) is 20.8. The van der Waals surface area contributed by atoms with E-state index in [0.29, 0.717) is 0 Å². The maximum atomic E-state index is 7.27. The van der Waals surface area contributed by atoms with Crippen molar-refractivity contribution < 1.29 is 4.74 Å². The number of para-hydroxylation sites is 4. The minimum absolute atomic E-state index is 0.0317. The Bertz CT molecular complexity index is 2790. The van der Waals surface area contributed by atoms with Gasteiger partial charge in [0.1, 0.15) is 11.5 Å². The Morgan fingerprint density at radius 1 is 0.390 bits per heavy atom. The van der Waals surface area contributed by atoms with Gasteiger partial charge in [0.2, 0.25) is 0 Å². The Kier molecular flexibility index (Phi) is 8.54. The van der Waals surface area contributed by atoms with Crippen LogP contribution in [0.2, 0.25) is 0 Å². The van der Waals surface area contributed by atoms with Gasteiger partial charge in [-0.2, -0.15) is 0 Å². The van der Waals surface area contributed by atoms with E-state index in [1.807, 2.05) is 0 Å². The lowest BCUT2D eigenvalue weighted by molar-refractivity contribution is 0.437. The number of nitrogens with zero attached hydrogens (tertiary/aromatic N) is 1. The fraction of sp³-hybridized carbons (Fsp3) is 0.158. The molecule has 0 fully saturated rings. The molecule has 0 unspecified atom stereocenters. The third kappa shape index (κ3) is 5.92. The molecule has 8 aromatic rings. The van der Waals surface area contributed by atoms with Crippen LogP contribution in [0, 0.1) is 0 Å². The van der Waals surface area contributed by atoms with Gasteiger partial charge >= 0.3 is 0 Å². The van der Waals surface area contributed by atoms with E-state index < -0.39 is 5.41 Å².